The number of hydrogen-bond donors (Lipinski definition) is 0. The molecule has 0 atom stereocenters. The number of non-ortho nitro benzene ring substituents is 1. The Balaban J connectivity index is 1.98. The molecule has 0 aromatic heterocycles. The number of hydrogen-bond acceptors (Lipinski definition) is 7. The van der Waals surface area contributed by atoms with Gasteiger partial charge in [-0.2, -0.15) is 13.7 Å². The standard InChI is InChI=1S/C22H15BrN2O6S/c1-30-21-13-15(11-17(14-24)16-7-9-18(10-8-16)25(26)27)12-20(23)22(21)31-32(28,29)19-5-3-2-4-6-19/h2-13H,1H3/b17-11+. The minimum atomic E-state index is -4.10. The topological polar surface area (TPSA) is 120 Å². The van der Waals surface area contributed by atoms with E-state index < -0.39 is 15.0 Å². The molecule has 0 N–H and O–H groups in total. The van der Waals surface area contributed by atoms with Gasteiger partial charge >= 0.3 is 10.1 Å². The molecule has 0 amide bonds. The number of ether oxygens (including phenoxy) is 1. The normalized spacial score (nSPS) is 11.5. The molecule has 0 radical (unpaired) electrons. The lowest BCUT2D eigenvalue weighted by Crippen LogP contribution is -2.10. The van der Waals surface area contributed by atoms with Crippen molar-refractivity contribution in [2.75, 3.05) is 7.11 Å². The first-order valence-electron chi connectivity index (χ1n) is 8.99. The van der Waals surface area contributed by atoms with Gasteiger partial charge in [-0.05, 0) is 69.5 Å². The van der Waals surface area contributed by atoms with Crippen LogP contribution in [0.1, 0.15) is 11.1 Å². The zero-order valence-electron chi connectivity index (χ0n) is 16.6. The van der Waals surface area contributed by atoms with Gasteiger partial charge in [0.1, 0.15) is 4.90 Å². The van der Waals surface area contributed by atoms with Crippen molar-refractivity contribution in [3.8, 4) is 17.6 Å². The summed E-state index contributed by atoms with van der Waals surface area (Å²) in [7, 11) is -2.74. The average Bonchev–Trinajstić information content (AvgIpc) is 2.79. The van der Waals surface area contributed by atoms with Crippen molar-refractivity contribution in [2.45, 2.75) is 4.90 Å². The number of nitrogens with zero attached hydrogens (tertiary/aromatic N) is 2. The molecule has 0 fully saturated rings. The highest BCUT2D eigenvalue weighted by molar-refractivity contribution is 9.10. The van der Waals surface area contributed by atoms with E-state index in [4.69, 9.17) is 8.92 Å². The fourth-order valence-electron chi connectivity index (χ4n) is 2.76. The molecule has 32 heavy (non-hydrogen) atoms. The van der Waals surface area contributed by atoms with Crippen LogP contribution in [0.3, 0.4) is 0 Å². The zero-order valence-corrected chi connectivity index (χ0v) is 19.0. The molecule has 8 nitrogen and oxygen atoms in total. The number of nitro groups is 1. The molecule has 3 aromatic rings. The van der Waals surface area contributed by atoms with Crippen molar-refractivity contribution >= 4 is 43.4 Å². The quantitative estimate of drug-likeness (QED) is 0.140. The van der Waals surface area contributed by atoms with Gasteiger partial charge in [-0.15, -0.1) is 0 Å². The van der Waals surface area contributed by atoms with E-state index in [1.807, 2.05) is 0 Å². The Hall–Kier alpha value is -3.68. The number of nitriles is 1. The molecule has 0 heterocycles. The minimum Gasteiger partial charge on any atom is -0.493 e. The van der Waals surface area contributed by atoms with E-state index in [1.54, 1.807) is 30.3 Å². The van der Waals surface area contributed by atoms with E-state index >= 15 is 0 Å². The Morgan fingerprint density at radius 2 is 1.78 bits per heavy atom. The lowest BCUT2D eigenvalue weighted by molar-refractivity contribution is -0.384. The van der Waals surface area contributed by atoms with Crippen LogP contribution in [0.25, 0.3) is 11.6 Å². The Morgan fingerprint density at radius 1 is 1.12 bits per heavy atom. The van der Waals surface area contributed by atoms with Gasteiger partial charge in [0.05, 0.1) is 28.1 Å². The summed E-state index contributed by atoms with van der Waals surface area (Å²) in [6.07, 6.45) is 1.55. The van der Waals surface area contributed by atoms with Gasteiger partial charge in [0.25, 0.3) is 5.69 Å². The summed E-state index contributed by atoms with van der Waals surface area (Å²) in [6.45, 7) is 0. The first kappa shape index (κ1) is 23.0. The van der Waals surface area contributed by atoms with Crippen LogP contribution in [0.5, 0.6) is 11.5 Å². The van der Waals surface area contributed by atoms with Crippen LogP contribution in [0.4, 0.5) is 5.69 Å². The molecular weight excluding hydrogens is 500 g/mol. The van der Waals surface area contributed by atoms with Crippen molar-refractivity contribution in [3.05, 3.63) is 92.4 Å². The van der Waals surface area contributed by atoms with Gasteiger partial charge in [0.2, 0.25) is 0 Å². The Bertz CT molecular complexity index is 1330. The molecule has 0 saturated heterocycles. The molecular formula is C22H15BrN2O6S. The van der Waals surface area contributed by atoms with Crippen LogP contribution in [-0.2, 0) is 10.1 Å². The second-order valence-corrected chi connectivity index (χ2v) is 8.76. The molecule has 0 aliphatic carbocycles. The van der Waals surface area contributed by atoms with Gasteiger partial charge in [0, 0.05) is 12.1 Å². The molecule has 0 aliphatic heterocycles. The first-order chi connectivity index (χ1) is 15.2. The second kappa shape index (κ2) is 9.64. The zero-order chi connectivity index (χ0) is 23.3. The van der Waals surface area contributed by atoms with E-state index in [-0.39, 0.29) is 27.7 Å². The van der Waals surface area contributed by atoms with Crippen LogP contribution in [-0.4, -0.2) is 20.5 Å². The first-order valence-corrected chi connectivity index (χ1v) is 11.2. The summed E-state index contributed by atoms with van der Waals surface area (Å²) in [5.74, 6) is 0.0912. The summed E-state index contributed by atoms with van der Waals surface area (Å²) in [4.78, 5) is 10.3. The van der Waals surface area contributed by atoms with Gasteiger partial charge < -0.3 is 8.92 Å². The SMILES string of the molecule is COc1cc(/C=C(\C#N)c2ccc([N+](=O)[O-])cc2)cc(Br)c1OS(=O)(=O)c1ccccc1. The largest absolute Gasteiger partial charge is 0.493 e. The molecule has 0 saturated carbocycles. The highest BCUT2D eigenvalue weighted by Gasteiger charge is 2.21. The van der Waals surface area contributed by atoms with Gasteiger partial charge in [0.15, 0.2) is 11.5 Å². The molecule has 10 heteroatoms. The van der Waals surface area contributed by atoms with Crippen molar-refractivity contribution in [1.29, 1.82) is 5.26 Å². The monoisotopic (exact) mass is 514 g/mol. The molecule has 0 bridgehead atoms. The number of nitro benzene ring substituents is 1. The minimum absolute atomic E-state index is 0.0112. The van der Waals surface area contributed by atoms with E-state index in [0.29, 0.717) is 15.6 Å². The second-order valence-electron chi connectivity index (χ2n) is 6.36. The van der Waals surface area contributed by atoms with E-state index in [9.17, 15) is 23.8 Å². The summed E-state index contributed by atoms with van der Waals surface area (Å²) >= 11 is 3.30. The maximum absolute atomic E-state index is 12.6. The average molecular weight is 515 g/mol. The number of rotatable bonds is 7. The predicted octanol–water partition coefficient (Wildman–Crippen LogP) is 5.20. The molecule has 0 unspecified atom stereocenters. The Kier molecular flexibility index (Phi) is 6.92. The third-order valence-electron chi connectivity index (χ3n) is 4.30. The van der Waals surface area contributed by atoms with Gasteiger partial charge in [-0.1, -0.05) is 18.2 Å². The lowest BCUT2D eigenvalue weighted by Gasteiger charge is -2.13. The molecule has 0 aliphatic rings. The van der Waals surface area contributed by atoms with Crippen molar-refractivity contribution < 1.29 is 22.3 Å². The molecule has 162 valence electrons. The Labute approximate surface area is 192 Å². The van der Waals surface area contributed by atoms with Crippen LogP contribution >= 0.6 is 15.9 Å². The number of methoxy groups -OCH3 is 1. The number of allylic oxidation sites excluding steroid dienone is 1. The summed E-state index contributed by atoms with van der Waals surface area (Å²) in [5, 5.41) is 20.4. The van der Waals surface area contributed by atoms with Gasteiger partial charge in [-0.25, -0.2) is 0 Å². The van der Waals surface area contributed by atoms with Gasteiger partial charge in [-0.3, -0.25) is 10.1 Å². The maximum Gasteiger partial charge on any atom is 0.339 e. The third kappa shape index (κ3) is 5.14. The van der Waals surface area contributed by atoms with Crippen LogP contribution in [0.2, 0.25) is 0 Å². The van der Waals surface area contributed by atoms with E-state index in [1.165, 1.54) is 49.6 Å². The van der Waals surface area contributed by atoms with E-state index in [0.717, 1.165) is 0 Å². The molecule has 0 spiro atoms. The molecule has 3 rings (SSSR count). The summed E-state index contributed by atoms with van der Waals surface area (Å²) in [5.41, 5.74) is 1.17. The van der Waals surface area contributed by atoms with Crippen LogP contribution in [0.15, 0.2) is 76.1 Å². The van der Waals surface area contributed by atoms with E-state index in [2.05, 4.69) is 22.0 Å². The highest BCUT2D eigenvalue weighted by atomic mass is 79.9. The van der Waals surface area contributed by atoms with Crippen molar-refractivity contribution in [1.82, 2.24) is 0 Å². The smallest absolute Gasteiger partial charge is 0.339 e. The van der Waals surface area contributed by atoms with Crippen molar-refractivity contribution in [2.24, 2.45) is 0 Å². The number of halogens is 1. The van der Waals surface area contributed by atoms with Crippen molar-refractivity contribution in [3.63, 3.8) is 0 Å². The highest BCUT2D eigenvalue weighted by Crippen LogP contribution is 2.39. The summed E-state index contributed by atoms with van der Waals surface area (Å²) in [6, 6.07) is 18.4. The Morgan fingerprint density at radius 3 is 2.34 bits per heavy atom. The fraction of sp³-hybridized carbons (Fsp3) is 0.0455. The van der Waals surface area contributed by atoms with Crippen LogP contribution < -0.4 is 8.92 Å². The third-order valence-corrected chi connectivity index (χ3v) is 6.12. The maximum atomic E-state index is 12.6. The number of benzene rings is 3. The summed E-state index contributed by atoms with van der Waals surface area (Å²) < 4.78 is 36.1. The fourth-order valence-corrected chi connectivity index (χ4v) is 4.38. The van der Waals surface area contributed by atoms with Crippen LogP contribution in [0, 0.1) is 21.4 Å². The lowest BCUT2D eigenvalue weighted by atomic mass is 10.0. The molecule has 3 aromatic carbocycles. The predicted molar refractivity (Wildman–Crippen MR) is 122 cm³/mol.